The molecule has 28 heavy (non-hydrogen) atoms. The van der Waals surface area contributed by atoms with Crippen LogP contribution in [0.4, 0.5) is 11.6 Å². The fourth-order valence-electron chi connectivity index (χ4n) is 3.73. The number of carbonyl (C=O) groups is 1. The normalized spacial score (nSPS) is 14.8. The fourth-order valence-corrected chi connectivity index (χ4v) is 3.73. The minimum Gasteiger partial charge on any atom is -0.478 e. The number of nitrogens with zero attached hydrogens (tertiary/aromatic N) is 4. The first-order chi connectivity index (χ1) is 13.6. The van der Waals surface area contributed by atoms with Crippen LogP contribution in [0.1, 0.15) is 54.1 Å². The van der Waals surface area contributed by atoms with E-state index < -0.39 is 5.97 Å². The molecule has 0 atom stereocenters. The Labute approximate surface area is 163 Å². The number of benzene rings is 1. The number of hydrogen-bond donors (Lipinski definition) is 2. The van der Waals surface area contributed by atoms with Crippen LogP contribution in [0.3, 0.4) is 0 Å². The van der Waals surface area contributed by atoms with Gasteiger partial charge in [-0.25, -0.2) is 14.8 Å². The number of rotatable bonds is 5. The van der Waals surface area contributed by atoms with Gasteiger partial charge in [0.25, 0.3) is 0 Å². The molecular formula is C21H23N5O2. The summed E-state index contributed by atoms with van der Waals surface area (Å²) in [5, 5.41) is 17.2. The number of nitrogens with one attached hydrogen (secondary N) is 1. The van der Waals surface area contributed by atoms with E-state index in [0.717, 1.165) is 24.1 Å². The second-order valence-electron chi connectivity index (χ2n) is 7.20. The third-order valence-electron chi connectivity index (χ3n) is 5.19. The van der Waals surface area contributed by atoms with E-state index >= 15 is 0 Å². The quantitative estimate of drug-likeness (QED) is 0.675. The van der Waals surface area contributed by atoms with E-state index in [9.17, 15) is 9.90 Å². The average Bonchev–Trinajstić information content (AvgIpc) is 3.18. The van der Waals surface area contributed by atoms with Crippen molar-refractivity contribution in [1.82, 2.24) is 19.7 Å². The second kappa shape index (κ2) is 7.80. The minimum atomic E-state index is -0.975. The maximum absolute atomic E-state index is 11.6. The molecule has 0 saturated heterocycles. The Hall–Kier alpha value is -3.22. The molecule has 4 rings (SSSR count). The van der Waals surface area contributed by atoms with Crippen molar-refractivity contribution in [3.8, 4) is 11.3 Å². The average molecular weight is 377 g/mol. The second-order valence-corrected chi connectivity index (χ2v) is 7.20. The molecule has 7 heteroatoms. The Bertz CT molecular complexity index is 992. The lowest BCUT2D eigenvalue weighted by Crippen LogP contribution is -2.12. The van der Waals surface area contributed by atoms with E-state index in [-0.39, 0.29) is 5.56 Å². The van der Waals surface area contributed by atoms with Gasteiger partial charge < -0.3 is 10.4 Å². The molecule has 1 aliphatic rings. The van der Waals surface area contributed by atoms with Crippen LogP contribution in [0.25, 0.3) is 11.3 Å². The maximum atomic E-state index is 11.6. The SMILES string of the molecule is Cc1cnc(Nc2cnn(C3CCCCC3)c2)nc1-c1ccccc1C(=O)O. The van der Waals surface area contributed by atoms with Crippen LogP contribution in [-0.4, -0.2) is 30.8 Å². The summed E-state index contributed by atoms with van der Waals surface area (Å²) in [5.74, 6) is -0.555. The molecule has 2 N–H and O–H groups in total. The molecule has 1 aromatic carbocycles. The first kappa shape index (κ1) is 18.2. The molecule has 1 saturated carbocycles. The summed E-state index contributed by atoms with van der Waals surface area (Å²) in [4.78, 5) is 20.5. The van der Waals surface area contributed by atoms with Gasteiger partial charge in [-0.3, -0.25) is 4.68 Å². The Kier molecular flexibility index (Phi) is 5.06. The van der Waals surface area contributed by atoms with Crippen molar-refractivity contribution in [1.29, 1.82) is 0 Å². The van der Waals surface area contributed by atoms with E-state index in [1.165, 1.54) is 19.3 Å². The summed E-state index contributed by atoms with van der Waals surface area (Å²) in [6, 6.07) is 7.33. The van der Waals surface area contributed by atoms with E-state index in [1.807, 2.05) is 23.9 Å². The van der Waals surface area contributed by atoms with Crippen LogP contribution < -0.4 is 5.32 Å². The molecular weight excluding hydrogens is 354 g/mol. The molecule has 1 fully saturated rings. The minimum absolute atomic E-state index is 0.223. The van der Waals surface area contributed by atoms with Gasteiger partial charge in [0.05, 0.1) is 29.2 Å². The van der Waals surface area contributed by atoms with Gasteiger partial charge in [-0.05, 0) is 31.4 Å². The van der Waals surface area contributed by atoms with Crippen molar-refractivity contribution in [2.75, 3.05) is 5.32 Å². The van der Waals surface area contributed by atoms with Crippen molar-refractivity contribution in [3.63, 3.8) is 0 Å². The van der Waals surface area contributed by atoms with Gasteiger partial charge in [-0.1, -0.05) is 37.5 Å². The number of anilines is 2. The Balaban J connectivity index is 1.60. The number of carboxylic acid groups (broad SMARTS) is 1. The van der Waals surface area contributed by atoms with Crippen molar-refractivity contribution < 1.29 is 9.90 Å². The maximum Gasteiger partial charge on any atom is 0.336 e. The van der Waals surface area contributed by atoms with Crippen LogP contribution in [0.5, 0.6) is 0 Å². The van der Waals surface area contributed by atoms with Gasteiger partial charge in [-0.2, -0.15) is 5.10 Å². The molecule has 144 valence electrons. The van der Waals surface area contributed by atoms with Crippen LogP contribution in [0.15, 0.2) is 42.9 Å². The molecule has 0 aliphatic heterocycles. The number of aromatic carboxylic acids is 1. The zero-order chi connectivity index (χ0) is 19.5. The summed E-state index contributed by atoms with van der Waals surface area (Å²) in [5.41, 5.74) is 3.05. The van der Waals surface area contributed by atoms with E-state index in [1.54, 1.807) is 30.6 Å². The van der Waals surface area contributed by atoms with E-state index in [4.69, 9.17) is 0 Å². The smallest absolute Gasteiger partial charge is 0.336 e. The lowest BCUT2D eigenvalue weighted by molar-refractivity contribution is 0.0697. The molecule has 0 spiro atoms. The van der Waals surface area contributed by atoms with Gasteiger partial charge in [-0.15, -0.1) is 0 Å². The number of hydrogen-bond acceptors (Lipinski definition) is 5. The van der Waals surface area contributed by atoms with Gasteiger partial charge in [0.2, 0.25) is 5.95 Å². The zero-order valence-corrected chi connectivity index (χ0v) is 15.8. The lowest BCUT2D eigenvalue weighted by Gasteiger charge is -2.21. The topological polar surface area (TPSA) is 92.9 Å². The third-order valence-corrected chi connectivity index (χ3v) is 5.19. The molecule has 7 nitrogen and oxygen atoms in total. The zero-order valence-electron chi connectivity index (χ0n) is 15.8. The van der Waals surface area contributed by atoms with Crippen molar-refractivity contribution in [2.45, 2.75) is 45.1 Å². The first-order valence-corrected chi connectivity index (χ1v) is 9.59. The largest absolute Gasteiger partial charge is 0.478 e. The van der Waals surface area contributed by atoms with Gasteiger partial charge in [0, 0.05) is 18.0 Å². The number of aryl methyl sites for hydroxylation is 1. The first-order valence-electron chi connectivity index (χ1n) is 9.59. The standard InChI is InChI=1S/C21H23N5O2/c1-14-11-22-21(25-19(14)17-9-5-6-10-18(17)20(27)28)24-15-12-23-26(13-15)16-7-3-2-4-8-16/h5-6,9-13,16H,2-4,7-8H2,1H3,(H,27,28)(H,22,24,25). The summed E-state index contributed by atoms with van der Waals surface area (Å²) in [7, 11) is 0. The summed E-state index contributed by atoms with van der Waals surface area (Å²) >= 11 is 0. The van der Waals surface area contributed by atoms with Crippen molar-refractivity contribution >= 4 is 17.6 Å². The molecule has 2 heterocycles. The third kappa shape index (κ3) is 3.74. The van der Waals surface area contributed by atoms with Crippen molar-refractivity contribution in [2.24, 2.45) is 0 Å². The molecule has 0 unspecified atom stereocenters. The molecule has 0 amide bonds. The predicted molar refractivity (Wildman–Crippen MR) is 107 cm³/mol. The summed E-state index contributed by atoms with van der Waals surface area (Å²) < 4.78 is 2.02. The Morgan fingerprint density at radius 3 is 2.75 bits per heavy atom. The van der Waals surface area contributed by atoms with Crippen LogP contribution >= 0.6 is 0 Å². The van der Waals surface area contributed by atoms with Gasteiger partial charge in [0.15, 0.2) is 0 Å². The Morgan fingerprint density at radius 2 is 1.96 bits per heavy atom. The lowest BCUT2D eigenvalue weighted by atomic mass is 9.96. The molecule has 1 aliphatic carbocycles. The van der Waals surface area contributed by atoms with Crippen LogP contribution in [0.2, 0.25) is 0 Å². The molecule has 0 radical (unpaired) electrons. The molecule has 2 aromatic heterocycles. The number of aromatic nitrogens is 4. The summed E-state index contributed by atoms with van der Waals surface area (Å²) in [6.07, 6.45) is 11.6. The van der Waals surface area contributed by atoms with Gasteiger partial charge >= 0.3 is 5.97 Å². The highest BCUT2D eigenvalue weighted by atomic mass is 16.4. The highest BCUT2D eigenvalue weighted by molar-refractivity contribution is 5.95. The highest BCUT2D eigenvalue weighted by Crippen LogP contribution is 2.29. The van der Waals surface area contributed by atoms with Crippen LogP contribution in [-0.2, 0) is 0 Å². The monoisotopic (exact) mass is 377 g/mol. The molecule has 0 bridgehead atoms. The van der Waals surface area contributed by atoms with E-state index in [0.29, 0.717) is 23.2 Å². The van der Waals surface area contributed by atoms with Crippen molar-refractivity contribution in [3.05, 3.63) is 54.0 Å². The molecule has 3 aromatic rings. The van der Waals surface area contributed by atoms with E-state index in [2.05, 4.69) is 20.4 Å². The number of carboxylic acids is 1. The van der Waals surface area contributed by atoms with Crippen LogP contribution in [0, 0.1) is 6.92 Å². The predicted octanol–water partition coefficient (Wildman–Crippen LogP) is 4.60. The highest BCUT2D eigenvalue weighted by Gasteiger charge is 2.17. The summed E-state index contributed by atoms with van der Waals surface area (Å²) in [6.45, 7) is 1.87. The van der Waals surface area contributed by atoms with Gasteiger partial charge in [0.1, 0.15) is 0 Å². The fraction of sp³-hybridized carbons (Fsp3) is 0.333. The Morgan fingerprint density at radius 1 is 1.18 bits per heavy atom.